The number of hydrogen-bond acceptors (Lipinski definition) is 6. The predicted molar refractivity (Wildman–Crippen MR) is 95.4 cm³/mol. The van der Waals surface area contributed by atoms with Crippen LogP contribution in [0, 0.1) is 0 Å². The summed E-state index contributed by atoms with van der Waals surface area (Å²) in [5, 5.41) is 11.8. The Morgan fingerprint density at radius 1 is 0.880 bits per heavy atom. The number of hydrogen-bond donors (Lipinski definition) is 2. The summed E-state index contributed by atoms with van der Waals surface area (Å²) in [5.41, 5.74) is 4.05. The maximum absolute atomic E-state index is 11.0. The Labute approximate surface area is 146 Å². The number of para-hydroxylation sites is 2. The van der Waals surface area contributed by atoms with Crippen molar-refractivity contribution in [1.29, 1.82) is 0 Å². The first-order valence-corrected chi connectivity index (χ1v) is 8.16. The van der Waals surface area contributed by atoms with E-state index in [1.54, 1.807) is 48.0 Å². The van der Waals surface area contributed by atoms with Crippen molar-refractivity contribution < 1.29 is 9.59 Å². The number of ketones is 1. The first kappa shape index (κ1) is 16.5. The molecule has 0 fully saturated rings. The van der Waals surface area contributed by atoms with Crippen LogP contribution in [0.1, 0.15) is 10.4 Å². The van der Waals surface area contributed by atoms with Gasteiger partial charge in [0.2, 0.25) is 0 Å². The highest BCUT2D eigenvalue weighted by atomic mass is 32.1. The third-order valence-electron chi connectivity index (χ3n) is 3.19. The number of rotatable bonds is 0. The van der Waals surface area contributed by atoms with Crippen LogP contribution in [0.25, 0.3) is 10.2 Å². The number of carbonyl (C=O) groups is 2. The highest BCUT2D eigenvalue weighted by Gasteiger charge is 2.26. The lowest BCUT2D eigenvalue weighted by atomic mass is 10.1. The fraction of sp³-hybridized carbons (Fsp3) is 0. The molecular formula is C17H13N5O2S. The van der Waals surface area contributed by atoms with Crippen LogP contribution in [-0.4, -0.2) is 32.1 Å². The molecule has 1 amide bonds. The molecule has 25 heavy (non-hydrogen) atoms. The Morgan fingerprint density at radius 3 is 2.28 bits per heavy atom. The maximum atomic E-state index is 11.0. The smallest absolute Gasteiger partial charge is 0.296 e. The van der Waals surface area contributed by atoms with Gasteiger partial charge in [0, 0.05) is 0 Å². The van der Waals surface area contributed by atoms with Crippen molar-refractivity contribution in [1.82, 2.24) is 20.4 Å². The molecule has 3 heterocycles. The summed E-state index contributed by atoms with van der Waals surface area (Å²) >= 11 is 1.68. The molecule has 0 saturated heterocycles. The van der Waals surface area contributed by atoms with E-state index in [0.717, 1.165) is 5.52 Å². The highest BCUT2D eigenvalue weighted by molar-refractivity contribution is 7.16. The quantitative estimate of drug-likeness (QED) is 0.474. The molecule has 5 rings (SSSR count). The van der Waals surface area contributed by atoms with Gasteiger partial charge in [-0.1, -0.05) is 24.3 Å². The van der Waals surface area contributed by atoms with Gasteiger partial charge in [-0.2, -0.15) is 15.4 Å². The average Bonchev–Trinajstić information content (AvgIpc) is 3.39. The monoisotopic (exact) mass is 351 g/mol. The van der Waals surface area contributed by atoms with Gasteiger partial charge in [-0.3, -0.25) is 9.59 Å². The second-order valence-electron chi connectivity index (χ2n) is 4.81. The van der Waals surface area contributed by atoms with Gasteiger partial charge in [0.15, 0.2) is 0 Å². The molecule has 0 aliphatic carbocycles. The first-order valence-electron chi connectivity index (χ1n) is 7.28. The highest BCUT2D eigenvalue weighted by Crippen LogP contribution is 2.21. The van der Waals surface area contributed by atoms with E-state index in [4.69, 9.17) is 0 Å². The van der Waals surface area contributed by atoms with E-state index in [1.807, 2.05) is 23.7 Å². The van der Waals surface area contributed by atoms with E-state index < -0.39 is 11.7 Å². The van der Waals surface area contributed by atoms with Crippen molar-refractivity contribution in [2.24, 2.45) is 0 Å². The summed E-state index contributed by atoms with van der Waals surface area (Å²) < 4.78 is 1.26. The van der Waals surface area contributed by atoms with Crippen molar-refractivity contribution in [2.75, 3.05) is 5.32 Å². The number of amides is 1. The van der Waals surface area contributed by atoms with Crippen molar-refractivity contribution >= 4 is 38.9 Å². The summed E-state index contributed by atoms with van der Waals surface area (Å²) in [6, 6.07) is 15.0. The lowest BCUT2D eigenvalue weighted by molar-refractivity contribution is -0.112. The summed E-state index contributed by atoms with van der Waals surface area (Å²) in [4.78, 5) is 25.9. The Balaban J connectivity index is 0.000000117. The van der Waals surface area contributed by atoms with Gasteiger partial charge in [-0.05, 0) is 24.3 Å². The molecule has 1 aliphatic heterocycles. The number of thiazole rings is 1. The third kappa shape index (κ3) is 4.12. The molecule has 0 radical (unpaired) electrons. The van der Waals surface area contributed by atoms with Gasteiger partial charge < -0.3 is 5.32 Å². The van der Waals surface area contributed by atoms with Crippen molar-refractivity contribution in [2.45, 2.75) is 0 Å². The van der Waals surface area contributed by atoms with Crippen molar-refractivity contribution in [3.8, 4) is 0 Å². The number of anilines is 1. The number of fused-ring (bicyclic) bond motifs is 2. The number of H-pyrrole nitrogens is 1. The van der Waals surface area contributed by atoms with Crippen LogP contribution in [0.3, 0.4) is 0 Å². The van der Waals surface area contributed by atoms with Crippen LogP contribution < -0.4 is 5.32 Å². The normalized spacial score (nSPS) is 11.7. The summed E-state index contributed by atoms with van der Waals surface area (Å²) in [5.74, 6) is -0.980. The number of nitrogens with zero attached hydrogens (tertiary/aromatic N) is 3. The number of aromatic nitrogens is 4. The Kier molecular flexibility index (Phi) is 5.22. The molecule has 2 N–H and O–H groups in total. The van der Waals surface area contributed by atoms with Gasteiger partial charge in [-0.25, -0.2) is 4.98 Å². The molecule has 124 valence electrons. The minimum Gasteiger partial charge on any atom is -0.318 e. The molecule has 2 aromatic carbocycles. The molecule has 0 saturated carbocycles. The predicted octanol–water partition coefficient (Wildman–Crippen LogP) is 2.92. The molecule has 0 unspecified atom stereocenters. The fourth-order valence-corrected chi connectivity index (χ4v) is 2.74. The molecular weight excluding hydrogens is 338 g/mol. The molecule has 0 spiro atoms. The first-order chi connectivity index (χ1) is 12.3. The largest absolute Gasteiger partial charge is 0.318 e. The Bertz CT molecular complexity index is 934. The zero-order chi connectivity index (χ0) is 17.5. The molecule has 0 bridgehead atoms. The summed E-state index contributed by atoms with van der Waals surface area (Å²) in [6.45, 7) is 0. The lowest BCUT2D eigenvalue weighted by Gasteiger charge is -1.91. The van der Waals surface area contributed by atoms with Gasteiger partial charge >= 0.3 is 0 Å². The van der Waals surface area contributed by atoms with Crippen molar-refractivity contribution in [3.63, 3.8) is 0 Å². The van der Waals surface area contributed by atoms with E-state index >= 15 is 0 Å². The second-order valence-corrected chi connectivity index (χ2v) is 5.69. The van der Waals surface area contributed by atoms with Crippen LogP contribution in [0.4, 0.5) is 5.69 Å². The topological polar surface area (TPSA) is 101 Å². The van der Waals surface area contributed by atoms with Gasteiger partial charge in [-0.15, -0.1) is 11.3 Å². The van der Waals surface area contributed by atoms with E-state index in [1.165, 1.54) is 4.70 Å². The SMILES string of the molecule is O=C1Nc2ccccc2C1=O.c1ccc2scnc2c1.c1cn[nH]n1. The Hall–Kier alpha value is -3.39. The number of nitrogens with one attached hydrogen (secondary N) is 2. The minimum atomic E-state index is -0.536. The fourth-order valence-electron chi connectivity index (χ4n) is 2.06. The Morgan fingerprint density at radius 2 is 1.60 bits per heavy atom. The molecule has 2 aromatic heterocycles. The standard InChI is InChI=1S/C8H5NO2.C7H5NS.C2H3N3/c10-7-5-3-1-2-4-6(5)9-8(7)11;1-2-4-7-6(3-1)8-5-9-7;1-2-4-5-3-1/h1-4H,(H,9,10,11);1-5H;1-2H,(H,3,4,5). The number of carbonyl (C=O) groups excluding carboxylic acids is 2. The molecule has 1 aliphatic rings. The van der Waals surface area contributed by atoms with Crippen LogP contribution in [-0.2, 0) is 4.79 Å². The third-order valence-corrected chi connectivity index (χ3v) is 4.00. The average molecular weight is 351 g/mol. The lowest BCUT2D eigenvalue weighted by Crippen LogP contribution is -2.12. The molecule has 8 heteroatoms. The zero-order valence-electron chi connectivity index (χ0n) is 12.9. The van der Waals surface area contributed by atoms with Gasteiger partial charge in [0.05, 0.1) is 39.4 Å². The second kappa shape index (κ2) is 7.93. The number of benzene rings is 2. The molecule has 4 aromatic rings. The van der Waals surface area contributed by atoms with Crippen LogP contribution >= 0.6 is 11.3 Å². The van der Waals surface area contributed by atoms with Gasteiger partial charge in [0.25, 0.3) is 11.7 Å². The van der Waals surface area contributed by atoms with Gasteiger partial charge in [0.1, 0.15) is 0 Å². The minimum absolute atomic E-state index is 0.444. The molecule has 7 nitrogen and oxygen atoms in total. The number of Topliss-reactive ketones (excluding diaryl/α,β-unsaturated/α-hetero) is 1. The van der Waals surface area contributed by atoms with E-state index in [-0.39, 0.29) is 0 Å². The van der Waals surface area contributed by atoms with Crippen molar-refractivity contribution in [3.05, 3.63) is 72.0 Å². The zero-order valence-corrected chi connectivity index (χ0v) is 13.7. The van der Waals surface area contributed by atoms with E-state index in [0.29, 0.717) is 11.3 Å². The van der Waals surface area contributed by atoms with E-state index in [9.17, 15) is 9.59 Å². The van der Waals surface area contributed by atoms with Crippen LogP contribution in [0.5, 0.6) is 0 Å². The van der Waals surface area contributed by atoms with Crippen LogP contribution in [0.2, 0.25) is 0 Å². The summed E-state index contributed by atoms with van der Waals surface area (Å²) in [7, 11) is 0. The van der Waals surface area contributed by atoms with E-state index in [2.05, 4.69) is 31.8 Å². The van der Waals surface area contributed by atoms with Crippen LogP contribution in [0.15, 0.2) is 66.4 Å². The number of aromatic amines is 1. The summed E-state index contributed by atoms with van der Waals surface area (Å²) in [6.07, 6.45) is 3.17. The maximum Gasteiger partial charge on any atom is 0.296 e. The molecule has 0 atom stereocenters.